The Balaban J connectivity index is 1.96. The van der Waals surface area contributed by atoms with E-state index in [1.54, 1.807) is 6.26 Å². The van der Waals surface area contributed by atoms with Gasteiger partial charge in [0.1, 0.15) is 28.3 Å². The first-order chi connectivity index (χ1) is 11.1. The summed E-state index contributed by atoms with van der Waals surface area (Å²) in [5, 5.41) is 10.1. The number of nitrogens with zero attached hydrogens (tertiary/aromatic N) is 3. The number of nitriles is 1. The number of rotatable bonds is 6. The number of esters is 1. The van der Waals surface area contributed by atoms with Gasteiger partial charge in [-0.05, 0) is 11.8 Å². The van der Waals surface area contributed by atoms with Gasteiger partial charge in [0.05, 0.1) is 5.75 Å². The van der Waals surface area contributed by atoms with E-state index < -0.39 is 0 Å². The highest BCUT2D eigenvalue weighted by Gasteiger charge is 2.15. The minimum atomic E-state index is -0.384. The van der Waals surface area contributed by atoms with Crippen LogP contribution in [0.4, 0.5) is 5.95 Å². The molecule has 1 aromatic heterocycles. The lowest BCUT2D eigenvalue weighted by atomic mass is 10.2. The Labute approximate surface area is 142 Å². The van der Waals surface area contributed by atoms with Crippen LogP contribution in [0.15, 0.2) is 40.4 Å². The molecule has 0 radical (unpaired) electrons. The molecule has 0 bridgehead atoms. The molecule has 23 heavy (non-hydrogen) atoms. The van der Waals surface area contributed by atoms with Crippen LogP contribution in [0.25, 0.3) is 0 Å². The number of anilines is 1. The average Bonchev–Trinajstić information content (AvgIpc) is 2.58. The molecule has 0 fully saturated rings. The van der Waals surface area contributed by atoms with Crippen LogP contribution in [-0.4, -0.2) is 27.9 Å². The van der Waals surface area contributed by atoms with E-state index in [2.05, 4.69) is 9.97 Å². The summed E-state index contributed by atoms with van der Waals surface area (Å²) in [7, 11) is 0. The lowest BCUT2D eigenvalue weighted by molar-refractivity contribution is -0.141. The van der Waals surface area contributed by atoms with Crippen molar-refractivity contribution in [2.75, 3.05) is 17.7 Å². The molecule has 118 valence electrons. The van der Waals surface area contributed by atoms with Crippen molar-refractivity contribution in [2.45, 2.75) is 16.7 Å². The maximum Gasteiger partial charge on any atom is 0.316 e. The smallest absolute Gasteiger partial charge is 0.316 e. The van der Waals surface area contributed by atoms with Crippen LogP contribution in [0.1, 0.15) is 11.1 Å². The highest BCUT2D eigenvalue weighted by atomic mass is 32.2. The zero-order chi connectivity index (χ0) is 16.7. The van der Waals surface area contributed by atoms with Crippen molar-refractivity contribution in [1.29, 1.82) is 5.26 Å². The fraction of sp³-hybridized carbons (Fsp3) is 0.200. The van der Waals surface area contributed by atoms with E-state index in [1.807, 2.05) is 36.4 Å². The molecule has 8 heteroatoms. The highest BCUT2D eigenvalue weighted by molar-refractivity contribution is 8.00. The van der Waals surface area contributed by atoms with Crippen LogP contribution in [0.2, 0.25) is 0 Å². The van der Waals surface area contributed by atoms with Crippen molar-refractivity contribution in [3.63, 3.8) is 0 Å². The molecule has 0 unspecified atom stereocenters. The lowest BCUT2D eigenvalue weighted by Crippen LogP contribution is -2.08. The summed E-state index contributed by atoms with van der Waals surface area (Å²) in [6.45, 7) is 0.216. The molecule has 0 amide bonds. The van der Waals surface area contributed by atoms with Gasteiger partial charge in [0.25, 0.3) is 0 Å². The Kier molecular flexibility index (Phi) is 6.26. The van der Waals surface area contributed by atoms with Crippen LogP contribution in [0.5, 0.6) is 0 Å². The molecule has 6 nitrogen and oxygen atoms in total. The maximum atomic E-state index is 11.8. The van der Waals surface area contributed by atoms with E-state index >= 15 is 0 Å². The Morgan fingerprint density at radius 3 is 2.65 bits per heavy atom. The SMILES string of the molecule is CSc1nc(N)nc(SCC(=O)OCc2ccccc2)c1C#N. The van der Waals surface area contributed by atoms with Gasteiger partial charge in [-0.25, -0.2) is 9.97 Å². The van der Waals surface area contributed by atoms with Gasteiger partial charge < -0.3 is 10.5 Å². The summed E-state index contributed by atoms with van der Waals surface area (Å²) in [6, 6.07) is 11.5. The van der Waals surface area contributed by atoms with E-state index in [4.69, 9.17) is 10.5 Å². The topological polar surface area (TPSA) is 102 Å². The molecule has 0 saturated carbocycles. The first kappa shape index (κ1) is 17.1. The Hall–Kier alpha value is -2.24. The molecule has 0 saturated heterocycles. The second-order valence-corrected chi connectivity index (χ2v) is 6.08. The minimum Gasteiger partial charge on any atom is -0.460 e. The highest BCUT2D eigenvalue weighted by Crippen LogP contribution is 2.27. The van der Waals surface area contributed by atoms with E-state index in [0.717, 1.165) is 17.3 Å². The molecular formula is C15H14N4O2S2. The van der Waals surface area contributed by atoms with Gasteiger partial charge in [-0.15, -0.1) is 11.8 Å². The van der Waals surface area contributed by atoms with Crippen LogP contribution in [-0.2, 0) is 16.1 Å². The molecule has 0 aliphatic heterocycles. The molecule has 0 aliphatic rings. The number of thioether (sulfide) groups is 2. The van der Waals surface area contributed by atoms with Crippen LogP contribution in [0, 0.1) is 11.3 Å². The zero-order valence-electron chi connectivity index (χ0n) is 12.4. The number of carbonyl (C=O) groups is 1. The van der Waals surface area contributed by atoms with Gasteiger partial charge in [0, 0.05) is 0 Å². The molecule has 2 aromatic rings. The van der Waals surface area contributed by atoms with Crippen molar-refractivity contribution in [1.82, 2.24) is 9.97 Å². The normalized spacial score (nSPS) is 10.1. The Morgan fingerprint density at radius 2 is 2.00 bits per heavy atom. The van der Waals surface area contributed by atoms with Gasteiger partial charge in [-0.3, -0.25) is 4.79 Å². The monoisotopic (exact) mass is 346 g/mol. The van der Waals surface area contributed by atoms with Crippen LogP contribution < -0.4 is 5.73 Å². The molecule has 0 aliphatic carbocycles. The number of aromatic nitrogens is 2. The van der Waals surface area contributed by atoms with Crippen LogP contribution >= 0.6 is 23.5 Å². The standard InChI is InChI=1S/C15H14N4O2S2/c1-22-13-11(7-16)14(19-15(17)18-13)23-9-12(20)21-8-10-5-3-2-4-6-10/h2-6H,8-9H2,1H3,(H2,17,18,19). The fourth-order valence-corrected chi connectivity index (χ4v) is 3.07. The Bertz CT molecular complexity index is 732. The molecule has 0 atom stereocenters. The summed E-state index contributed by atoms with van der Waals surface area (Å²) < 4.78 is 5.19. The van der Waals surface area contributed by atoms with Gasteiger partial charge in [-0.2, -0.15) is 5.26 Å². The third-order valence-corrected chi connectivity index (χ3v) is 4.37. The van der Waals surface area contributed by atoms with E-state index in [9.17, 15) is 10.1 Å². The maximum absolute atomic E-state index is 11.8. The van der Waals surface area contributed by atoms with Crippen molar-refractivity contribution in [3.05, 3.63) is 41.5 Å². The molecule has 1 heterocycles. The summed E-state index contributed by atoms with van der Waals surface area (Å²) in [6.07, 6.45) is 1.80. The van der Waals surface area contributed by atoms with Crippen molar-refractivity contribution < 1.29 is 9.53 Å². The van der Waals surface area contributed by atoms with Gasteiger partial charge in [0.15, 0.2) is 0 Å². The number of hydrogen-bond donors (Lipinski definition) is 1. The quantitative estimate of drug-likeness (QED) is 0.483. The molecule has 2 N–H and O–H groups in total. The third-order valence-electron chi connectivity index (χ3n) is 2.73. The fourth-order valence-electron chi connectivity index (χ4n) is 1.69. The second kappa shape index (κ2) is 8.41. The van der Waals surface area contributed by atoms with Gasteiger partial charge in [-0.1, -0.05) is 42.1 Å². The van der Waals surface area contributed by atoms with Crippen LogP contribution in [0.3, 0.4) is 0 Å². The number of nitrogens with two attached hydrogens (primary N) is 1. The number of benzene rings is 1. The largest absolute Gasteiger partial charge is 0.460 e. The van der Waals surface area contributed by atoms with Gasteiger partial charge >= 0.3 is 5.97 Å². The predicted octanol–water partition coefficient (Wildman–Crippen LogP) is 2.49. The summed E-state index contributed by atoms with van der Waals surface area (Å²) >= 11 is 2.42. The first-order valence-corrected chi connectivity index (χ1v) is 8.79. The van der Waals surface area contributed by atoms with E-state index in [1.165, 1.54) is 11.8 Å². The predicted molar refractivity (Wildman–Crippen MR) is 89.9 cm³/mol. The molecule has 1 aromatic carbocycles. The summed E-state index contributed by atoms with van der Waals surface area (Å²) in [5.74, 6) is -0.259. The Morgan fingerprint density at radius 1 is 1.30 bits per heavy atom. The molecule has 0 spiro atoms. The van der Waals surface area contributed by atoms with Gasteiger partial charge in [0.2, 0.25) is 5.95 Å². The number of nitrogen functional groups attached to an aromatic ring is 1. The molecule has 2 rings (SSSR count). The van der Waals surface area contributed by atoms with Crippen molar-refractivity contribution >= 4 is 35.4 Å². The second-order valence-electron chi connectivity index (χ2n) is 4.32. The third kappa shape index (κ3) is 4.87. The van der Waals surface area contributed by atoms with E-state index in [0.29, 0.717) is 15.6 Å². The first-order valence-electron chi connectivity index (χ1n) is 6.58. The molecular weight excluding hydrogens is 332 g/mol. The number of hydrogen-bond acceptors (Lipinski definition) is 8. The minimum absolute atomic E-state index is 0.0474. The number of carbonyl (C=O) groups excluding carboxylic acids is 1. The van der Waals surface area contributed by atoms with Crippen molar-refractivity contribution in [3.8, 4) is 6.07 Å². The summed E-state index contributed by atoms with van der Waals surface area (Å²) in [5.41, 5.74) is 6.87. The summed E-state index contributed by atoms with van der Waals surface area (Å²) in [4.78, 5) is 19.9. The zero-order valence-corrected chi connectivity index (χ0v) is 14.0. The average molecular weight is 346 g/mol. The van der Waals surface area contributed by atoms with E-state index in [-0.39, 0.29) is 24.3 Å². The number of ether oxygens (including phenoxy) is 1. The van der Waals surface area contributed by atoms with Crippen molar-refractivity contribution in [2.24, 2.45) is 0 Å². The lowest BCUT2D eigenvalue weighted by Gasteiger charge is -2.07.